The number of benzene rings is 4. The highest BCUT2D eigenvalue weighted by atomic mass is 16.6. The average molecular weight is 572 g/mol. The van der Waals surface area contributed by atoms with Gasteiger partial charge in [0.15, 0.2) is 5.78 Å². The summed E-state index contributed by atoms with van der Waals surface area (Å²) in [5.41, 5.74) is 4.70. The predicted octanol–water partition coefficient (Wildman–Crippen LogP) is 5.04. The number of Topliss-reactive ketones (excluding diaryl/α,β-unsaturated/α-hetero) is 1. The number of rotatable bonds is 6. The third-order valence-corrected chi connectivity index (χ3v) is 8.87. The summed E-state index contributed by atoms with van der Waals surface area (Å²) in [7, 11) is 0. The first-order chi connectivity index (χ1) is 20.8. The number of nitrogens with zero attached hydrogens (tertiary/aromatic N) is 3. The van der Waals surface area contributed by atoms with Crippen LogP contribution in [0.5, 0.6) is 0 Å². The van der Waals surface area contributed by atoms with Crippen LogP contribution < -0.4 is 0 Å². The fourth-order valence-electron chi connectivity index (χ4n) is 7.00. The van der Waals surface area contributed by atoms with Gasteiger partial charge in [-0.25, -0.2) is 5.01 Å². The summed E-state index contributed by atoms with van der Waals surface area (Å²) < 4.78 is 0. The summed E-state index contributed by atoms with van der Waals surface area (Å²) in [6, 6.07) is 27.4. The van der Waals surface area contributed by atoms with E-state index in [0.29, 0.717) is 5.56 Å². The number of nitro benzene ring substituents is 1. The third kappa shape index (κ3) is 3.99. The first kappa shape index (κ1) is 26.5. The minimum absolute atomic E-state index is 0.115. The molecule has 0 spiro atoms. The number of ketones is 1. The maximum Gasteiger partial charge on any atom is 0.273 e. The summed E-state index contributed by atoms with van der Waals surface area (Å²) in [5.74, 6) is -4.79. The molecule has 1 aliphatic heterocycles. The van der Waals surface area contributed by atoms with Crippen molar-refractivity contribution >= 4 is 29.2 Å². The molecule has 0 N–H and O–H groups in total. The molecule has 4 aromatic rings. The molecule has 1 heterocycles. The lowest BCUT2D eigenvalue weighted by Crippen LogP contribution is -2.52. The second-order valence-electron chi connectivity index (χ2n) is 11.2. The van der Waals surface area contributed by atoms with Crippen molar-refractivity contribution in [1.82, 2.24) is 10.0 Å². The van der Waals surface area contributed by atoms with E-state index in [1.54, 1.807) is 24.3 Å². The number of hydrogen-bond donors (Lipinski definition) is 0. The molecule has 9 nitrogen and oxygen atoms in total. The van der Waals surface area contributed by atoms with Gasteiger partial charge in [0.1, 0.15) is 6.54 Å². The monoisotopic (exact) mass is 571 g/mol. The normalized spacial score (nSPS) is 21.2. The SMILES string of the molecule is Cc1ccc(C(=O)CN(C(=O)c2cccc([N+](=O)[O-])c2)N2C(=O)[C@H]3C4c5ccccc5C(c5ccccc54)[C@@H]3C2=O)cc1. The van der Waals surface area contributed by atoms with E-state index in [1.807, 2.05) is 55.5 Å². The number of hydrazine groups is 1. The standard InChI is InChI=1S/C34H25N3O6/c1-19-13-15-20(16-14-19)27(38)18-35(32(39)21-7-6-8-22(17-21)37(42)43)36-33(40)30-28-23-9-2-3-10-24(23)29(31(30)34(36)41)26-12-5-4-11-25(26)28/h2-17,28-31H,18H2,1H3/t28?,29?,30-,31-/m0/s1. The molecule has 3 amide bonds. The van der Waals surface area contributed by atoms with Crippen molar-refractivity contribution in [2.75, 3.05) is 6.54 Å². The van der Waals surface area contributed by atoms with Gasteiger partial charge in [0.05, 0.1) is 16.8 Å². The molecular weight excluding hydrogens is 546 g/mol. The Morgan fingerprint density at radius 3 is 1.74 bits per heavy atom. The van der Waals surface area contributed by atoms with Gasteiger partial charge in [0, 0.05) is 35.1 Å². The molecule has 4 aromatic carbocycles. The maximum absolute atomic E-state index is 14.4. The van der Waals surface area contributed by atoms with E-state index in [9.17, 15) is 29.3 Å². The van der Waals surface area contributed by atoms with Gasteiger partial charge in [0.2, 0.25) is 0 Å². The van der Waals surface area contributed by atoms with E-state index in [-0.39, 0.29) is 11.3 Å². The van der Waals surface area contributed by atoms with Crippen molar-refractivity contribution in [3.05, 3.63) is 146 Å². The lowest BCUT2D eigenvalue weighted by Gasteiger charge is -2.45. The zero-order chi connectivity index (χ0) is 30.0. The molecule has 9 heteroatoms. The fraction of sp³-hybridized carbons (Fsp3) is 0.176. The van der Waals surface area contributed by atoms with Gasteiger partial charge in [-0.05, 0) is 35.2 Å². The summed E-state index contributed by atoms with van der Waals surface area (Å²) >= 11 is 0. The Bertz CT molecular complexity index is 1750. The second-order valence-corrected chi connectivity index (χ2v) is 11.2. The lowest BCUT2D eigenvalue weighted by atomic mass is 9.55. The first-order valence-corrected chi connectivity index (χ1v) is 14.0. The zero-order valence-electron chi connectivity index (χ0n) is 23.0. The Morgan fingerprint density at radius 1 is 0.744 bits per heavy atom. The smallest absolute Gasteiger partial charge is 0.273 e. The van der Waals surface area contributed by atoms with Crippen molar-refractivity contribution in [2.45, 2.75) is 18.8 Å². The van der Waals surface area contributed by atoms with Gasteiger partial charge in [0.25, 0.3) is 23.4 Å². The fourth-order valence-corrected chi connectivity index (χ4v) is 7.00. The van der Waals surface area contributed by atoms with Crippen LogP contribution in [0.1, 0.15) is 60.4 Å². The molecule has 0 unspecified atom stereocenters. The van der Waals surface area contributed by atoms with E-state index in [2.05, 4.69) is 0 Å². The second kappa shape index (κ2) is 9.84. The maximum atomic E-state index is 14.4. The molecule has 8 rings (SSSR count). The van der Waals surface area contributed by atoms with E-state index in [1.165, 1.54) is 18.2 Å². The van der Waals surface area contributed by atoms with Crippen molar-refractivity contribution < 1.29 is 24.1 Å². The Hall–Kier alpha value is -5.44. The molecule has 43 heavy (non-hydrogen) atoms. The van der Waals surface area contributed by atoms with Crippen LogP contribution in [0.3, 0.4) is 0 Å². The summed E-state index contributed by atoms with van der Waals surface area (Å²) in [5, 5.41) is 13.2. The van der Waals surface area contributed by atoms with Crippen LogP contribution in [0.15, 0.2) is 97.1 Å². The number of carbonyl (C=O) groups is 4. The molecule has 3 aliphatic carbocycles. The first-order valence-electron chi connectivity index (χ1n) is 14.0. The minimum atomic E-state index is -0.855. The summed E-state index contributed by atoms with van der Waals surface area (Å²) in [6.45, 7) is 1.27. The zero-order valence-corrected chi connectivity index (χ0v) is 23.0. The van der Waals surface area contributed by atoms with Crippen LogP contribution in [-0.2, 0) is 9.59 Å². The largest absolute Gasteiger partial charge is 0.292 e. The summed E-state index contributed by atoms with van der Waals surface area (Å²) in [4.78, 5) is 67.1. The van der Waals surface area contributed by atoms with E-state index < -0.39 is 58.6 Å². The number of imide groups is 1. The van der Waals surface area contributed by atoms with E-state index in [0.717, 1.165) is 43.9 Å². The molecule has 0 aromatic heterocycles. The predicted molar refractivity (Wildman–Crippen MR) is 155 cm³/mol. The molecule has 0 radical (unpaired) electrons. The Kier molecular flexibility index (Phi) is 6.05. The van der Waals surface area contributed by atoms with Gasteiger partial charge in [-0.1, -0.05) is 84.4 Å². The van der Waals surface area contributed by atoms with Crippen molar-refractivity contribution in [3.8, 4) is 0 Å². The molecule has 4 aliphatic rings. The number of nitro groups is 1. The van der Waals surface area contributed by atoms with Crippen LogP contribution >= 0.6 is 0 Å². The van der Waals surface area contributed by atoms with Crippen molar-refractivity contribution in [1.29, 1.82) is 0 Å². The van der Waals surface area contributed by atoms with Crippen LogP contribution in [-0.4, -0.2) is 45.0 Å². The highest BCUT2D eigenvalue weighted by Crippen LogP contribution is 2.61. The Labute approximate surface area is 246 Å². The number of hydrogen-bond acceptors (Lipinski definition) is 6. The lowest BCUT2D eigenvalue weighted by molar-refractivity contribution is -0.384. The third-order valence-electron chi connectivity index (χ3n) is 8.87. The highest BCUT2D eigenvalue weighted by molar-refractivity contribution is 6.11. The molecule has 1 saturated heterocycles. The van der Waals surface area contributed by atoms with Gasteiger partial charge in [-0.15, -0.1) is 0 Å². The van der Waals surface area contributed by atoms with Gasteiger partial charge >= 0.3 is 0 Å². The quantitative estimate of drug-likeness (QED) is 0.139. The number of aryl methyl sites for hydroxylation is 1. The van der Waals surface area contributed by atoms with Gasteiger partial charge in [-0.2, -0.15) is 5.01 Å². The average Bonchev–Trinajstić information content (AvgIpc) is 3.29. The van der Waals surface area contributed by atoms with Crippen molar-refractivity contribution in [3.63, 3.8) is 0 Å². The van der Waals surface area contributed by atoms with Crippen molar-refractivity contribution in [2.24, 2.45) is 11.8 Å². The molecule has 1 fully saturated rings. The van der Waals surface area contributed by atoms with E-state index >= 15 is 0 Å². The van der Waals surface area contributed by atoms with Gasteiger partial charge in [-0.3, -0.25) is 29.3 Å². The number of amides is 3. The molecule has 212 valence electrons. The highest BCUT2D eigenvalue weighted by Gasteiger charge is 2.63. The van der Waals surface area contributed by atoms with Crippen LogP contribution in [0, 0.1) is 28.9 Å². The number of non-ortho nitro benzene ring substituents is 1. The molecular formula is C34H25N3O6. The summed E-state index contributed by atoms with van der Waals surface area (Å²) in [6.07, 6.45) is 0. The van der Waals surface area contributed by atoms with Crippen LogP contribution in [0.4, 0.5) is 5.69 Å². The van der Waals surface area contributed by atoms with Crippen LogP contribution in [0.2, 0.25) is 0 Å². The molecule has 2 atom stereocenters. The molecule has 0 saturated carbocycles. The Morgan fingerprint density at radius 2 is 1.26 bits per heavy atom. The minimum Gasteiger partial charge on any atom is -0.292 e. The van der Waals surface area contributed by atoms with Gasteiger partial charge < -0.3 is 0 Å². The Balaban J connectivity index is 1.33. The topological polar surface area (TPSA) is 118 Å². The van der Waals surface area contributed by atoms with Crippen LogP contribution in [0.25, 0.3) is 0 Å². The number of carbonyl (C=O) groups excluding carboxylic acids is 4. The molecule has 2 bridgehead atoms. The van der Waals surface area contributed by atoms with E-state index in [4.69, 9.17) is 0 Å².